The van der Waals surface area contributed by atoms with Crippen molar-refractivity contribution in [3.8, 4) is 11.5 Å². The van der Waals surface area contributed by atoms with Crippen molar-refractivity contribution in [3.05, 3.63) is 59.7 Å². The molecule has 46 heavy (non-hydrogen) atoms. The number of halogens is 3. The highest BCUT2D eigenvalue weighted by Crippen LogP contribution is 2.26. The van der Waals surface area contributed by atoms with Crippen LogP contribution < -0.4 is 20.7 Å². The van der Waals surface area contributed by atoms with Crippen molar-refractivity contribution >= 4 is 23.6 Å². The van der Waals surface area contributed by atoms with Gasteiger partial charge in [-0.1, -0.05) is 30.7 Å². The minimum absolute atomic E-state index is 0.121. The van der Waals surface area contributed by atoms with Gasteiger partial charge in [-0.25, -0.2) is 0 Å². The predicted molar refractivity (Wildman–Crippen MR) is 163 cm³/mol. The number of likely N-dealkylation sites (tertiary alicyclic amines) is 2. The molecule has 2 saturated heterocycles. The molecule has 3 heterocycles. The second kappa shape index (κ2) is 15.0. The summed E-state index contributed by atoms with van der Waals surface area (Å²) in [5.74, 6) is -1.46. The summed E-state index contributed by atoms with van der Waals surface area (Å²) in [6, 6.07) is 10.5. The van der Waals surface area contributed by atoms with Gasteiger partial charge in [-0.05, 0) is 74.2 Å². The van der Waals surface area contributed by atoms with Crippen molar-refractivity contribution in [1.29, 1.82) is 0 Å². The van der Waals surface area contributed by atoms with Gasteiger partial charge in [0.15, 0.2) is 0 Å². The molecule has 0 spiro atoms. The van der Waals surface area contributed by atoms with Crippen LogP contribution in [0.5, 0.6) is 11.5 Å². The molecule has 4 bridgehead atoms. The summed E-state index contributed by atoms with van der Waals surface area (Å²) in [5.41, 5.74) is 1.31. The van der Waals surface area contributed by atoms with Gasteiger partial charge in [0.2, 0.25) is 23.6 Å². The lowest BCUT2D eigenvalue weighted by atomic mass is 10.0. The zero-order chi connectivity index (χ0) is 32.7. The summed E-state index contributed by atoms with van der Waals surface area (Å²) in [7, 11) is 0. The summed E-state index contributed by atoms with van der Waals surface area (Å²) < 4.78 is 45.1. The van der Waals surface area contributed by atoms with Crippen molar-refractivity contribution < 1.29 is 37.1 Å². The average Bonchev–Trinajstić information content (AvgIpc) is 3.45. The van der Waals surface area contributed by atoms with Crippen LogP contribution in [0.15, 0.2) is 48.5 Å². The molecule has 3 atom stereocenters. The second-order valence-corrected chi connectivity index (χ2v) is 12.2. The van der Waals surface area contributed by atoms with Gasteiger partial charge in [0.1, 0.15) is 36.2 Å². The van der Waals surface area contributed by atoms with E-state index in [1.54, 1.807) is 42.5 Å². The molecule has 0 saturated carbocycles. The van der Waals surface area contributed by atoms with Gasteiger partial charge < -0.3 is 30.5 Å². The van der Waals surface area contributed by atoms with Gasteiger partial charge >= 0.3 is 6.18 Å². The maximum absolute atomic E-state index is 14.0. The van der Waals surface area contributed by atoms with E-state index in [2.05, 4.69) is 15.5 Å². The van der Waals surface area contributed by atoms with E-state index in [0.29, 0.717) is 43.0 Å². The minimum atomic E-state index is -4.65. The number of hydrogen-bond donors (Lipinski definition) is 3. The molecule has 1 unspecified atom stereocenters. The first kappa shape index (κ1) is 33.2. The molecular formula is C33H40F3N5O5. The minimum Gasteiger partial charge on any atom is -0.457 e. The summed E-state index contributed by atoms with van der Waals surface area (Å²) in [6.07, 6.45) is -0.294. The summed E-state index contributed by atoms with van der Waals surface area (Å²) in [5, 5.41) is 7.36. The maximum Gasteiger partial charge on any atom is 0.405 e. The van der Waals surface area contributed by atoms with Crippen molar-refractivity contribution in [1.82, 2.24) is 25.8 Å². The van der Waals surface area contributed by atoms with Gasteiger partial charge in [0.25, 0.3) is 0 Å². The van der Waals surface area contributed by atoms with E-state index < -0.39 is 48.6 Å². The van der Waals surface area contributed by atoms with Crippen molar-refractivity contribution in [2.45, 2.75) is 75.7 Å². The molecule has 10 nitrogen and oxygen atoms in total. The molecule has 0 aromatic heterocycles. The first-order valence-corrected chi connectivity index (χ1v) is 15.9. The Kier molecular flexibility index (Phi) is 10.8. The Morgan fingerprint density at radius 2 is 1.54 bits per heavy atom. The lowest BCUT2D eigenvalue weighted by Crippen LogP contribution is -2.58. The van der Waals surface area contributed by atoms with E-state index in [0.717, 1.165) is 37.9 Å². The van der Waals surface area contributed by atoms with E-state index in [9.17, 15) is 32.3 Å². The third-order valence-electron chi connectivity index (χ3n) is 8.60. The Bertz CT molecular complexity index is 1410. The zero-order valence-corrected chi connectivity index (χ0v) is 25.6. The van der Waals surface area contributed by atoms with Crippen LogP contribution in [0.3, 0.4) is 0 Å². The number of hydrogen-bond acceptors (Lipinski definition) is 6. The van der Waals surface area contributed by atoms with E-state index in [1.807, 2.05) is 11.4 Å². The fourth-order valence-corrected chi connectivity index (χ4v) is 6.23. The zero-order valence-electron chi connectivity index (χ0n) is 25.6. The Morgan fingerprint density at radius 1 is 0.870 bits per heavy atom. The summed E-state index contributed by atoms with van der Waals surface area (Å²) >= 11 is 0. The molecule has 3 aliphatic heterocycles. The normalized spacial score (nSPS) is 23.3. The largest absolute Gasteiger partial charge is 0.457 e. The Morgan fingerprint density at radius 3 is 2.17 bits per heavy atom. The van der Waals surface area contributed by atoms with Crippen LogP contribution in [0.1, 0.15) is 49.7 Å². The first-order valence-electron chi connectivity index (χ1n) is 15.9. The van der Waals surface area contributed by atoms with Crippen LogP contribution in [0.2, 0.25) is 0 Å². The van der Waals surface area contributed by atoms with Gasteiger partial charge in [-0.15, -0.1) is 0 Å². The molecule has 4 amide bonds. The molecule has 3 aliphatic rings. The molecule has 2 fully saturated rings. The first-order chi connectivity index (χ1) is 22.0. The highest BCUT2D eigenvalue weighted by Gasteiger charge is 2.36. The van der Waals surface area contributed by atoms with Crippen molar-refractivity contribution in [2.75, 3.05) is 32.7 Å². The molecule has 0 aliphatic carbocycles. The van der Waals surface area contributed by atoms with E-state index in [4.69, 9.17) is 4.74 Å². The van der Waals surface area contributed by atoms with Crippen LogP contribution in [-0.4, -0.2) is 90.5 Å². The average molecular weight is 644 g/mol. The van der Waals surface area contributed by atoms with Crippen LogP contribution in [0.4, 0.5) is 13.2 Å². The number of nitrogens with one attached hydrogen (secondary N) is 3. The number of nitrogens with zero attached hydrogens (tertiary/aromatic N) is 2. The van der Waals surface area contributed by atoms with Crippen molar-refractivity contribution in [3.63, 3.8) is 0 Å². The molecule has 13 heteroatoms. The lowest BCUT2D eigenvalue weighted by molar-refractivity contribution is -0.141. The summed E-state index contributed by atoms with van der Waals surface area (Å²) in [6.45, 7) is 1.04. The Labute approximate surface area is 266 Å². The van der Waals surface area contributed by atoms with Gasteiger partial charge in [0.05, 0.1) is 0 Å². The monoisotopic (exact) mass is 643 g/mol. The highest BCUT2D eigenvalue weighted by molar-refractivity contribution is 5.94. The molecule has 248 valence electrons. The standard InChI is InChI=1S/C33H40F3N5O5/c34-33(35,36)21-37-30(43)27-19-22-7-4-9-24(17-22)46-25-10-5-8-23(18-25)20-28(41-15-6-11-29(41)42)32(45)38-26(31(44)39-27)12-16-40-13-2-1-3-14-40/h4-5,7-10,17-18,26-28H,1-3,6,11-16,19-21H2,(H,37,43)(H,38,45)(H,39,44)/t26-,27-,28?/m0/s1. The summed E-state index contributed by atoms with van der Waals surface area (Å²) in [4.78, 5) is 57.5. The van der Waals surface area contributed by atoms with Crippen LogP contribution in [0.25, 0.3) is 0 Å². The van der Waals surface area contributed by atoms with E-state index >= 15 is 0 Å². The number of fused-ring (bicyclic) bond motifs is 4. The van der Waals surface area contributed by atoms with Gasteiger partial charge in [-0.2, -0.15) is 13.2 Å². The topological polar surface area (TPSA) is 120 Å². The number of carbonyl (C=O) groups is 4. The lowest BCUT2D eigenvalue weighted by Gasteiger charge is -2.31. The number of rotatable bonds is 6. The predicted octanol–water partition coefficient (Wildman–Crippen LogP) is 3.09. The number of carbonyl (C=O) groups excluding carboxylic acids is 4. The Hall–Kier alpha value is -4.13. The number of benzene rings is 2. The SMILES string of the molecule is O=C1N[C@@H](CCN2CCCCC2)C(=O)N[C@H](C(=O)NCC(F)(F)F)Cc2cccc(c2)Oc2cccc(c2)CC1N1CCCC1=O. The fourth-order valence-electron chi connectivity index (χ4n) is 6.23. The second-order valence-electron chi connectivity index (χ2n) is 12.2. The number of amides is 4. The quantitative estimate of drug-likeness (QED) is 0.445. The molecule has 3 N–H and O–H groups in total. The van der Waals surface area contributed by atoms with Crippen LogP contribution in [0, 0.1) is 0 Å². The number of alkyl halides is 3. The maximum atomic E-state index is 14.0. The van der Waals surface area contributed by atoms with Gasteiger partial charge in [0, 0.05) is 32.4 Å². The molecule has 2 aromatic rings. The van der Waals surface area contributed by atoms with Crippen molar-refractivity contribution in [2.24, 2.45) is 0 Å². The third-order valence-corrected chi connectivity index (χ3v) is 8.60. The van der Waals surface area contributed by atoms with Gasteiger partial charge in [-0.3, -0.25) is 19.2 Å². The highest BCUT2D eigenvalue weighted by atomic mass is 19.4. The van der Waals surface area contributed by atoms with Crippen LogP contribution >= 0.6 is 0 Å². The van der Waals surface area contributed by atoms with E-state index in [1.165, 1.54) is 4.90 Å². The van der Waals surface area contributed by atoms with Crippen LogP contribution in [-0.2, 0) is 32.0 Å². The molecule has 2 aromatic carbocycles. The Balaban J connectivity index is 1.49. The number of piperidine rings is 1. The molecule has 5 rings (SSSR count). The van der Waals surface area contributed by atoms with E-state index in [-0.39, 0.29) is 25.2 Å². The number of ether oxygens (including phenoxy) is 1. The third kappa shape index (κ3) is 9.21. The smallest absolute Gasteiger partial charge is 0.405 e. The molecular weight excluding hydrogens is 603 g/mol. The molecule has 0 radical (unpaired) electrons. The fraction of sp³-hybridized carbons (Fsp3) is 0.515.